The Hall–Kier alpha value is -1.09. The van der Waals surface area contributed by atoms with Crippen LogP contribution in [-0.4, -0.2) is 10.9 Å². The van der Waals surface area contributed by atoms with Crippen molar-refractivity contribution in [3.8, 4) is 0 Å². The maximum absolute atomic E-state index is 12.6. The standard InChI is InChI=1S/C15H20O3/c1-14(2)9-6-7-15(14,3)13(17)11(9)12(16)10-5-4-8-18-10/h4-5,8-9,11-12,16H,6-7H2,1-3H3/t9-,11+,12+,15+/m1/s1. The fourth-order valence-corrected chi connectivity index (χ4v) is 4.16. The lowest BCUT2D eigenvalue weighted by Gasteiger charge is -2.32. The number of fused-ring (bicyclic) bond motifs is 2. The number of hydrogen-bond acceptors (Lipinski definition) is 3. The molecule has 2 aliphatic carbocycles. The number of hydrogen-bond donors (Lipinski definition) is 1. The largest absolute Gasteiger partial charge is 0.467 e. The van der Waals surface area contributed by atoms with E-state index in [9.17, 15) is 9.90 Å². The van der Waals surface area contributed by atoms with E-state index in [1.807, 2.05) is 0 Å². The van der Waals surface area contributed by atoms with E-state index >= 15 is 0 Å². The van der Waals surface area contributed by atoms with Gasteiger partial charge < -0.3 is 9.52 Å². The second kappa shape index (κ2) is 3.47. The number of ketones is 1. The average molecular weight is 248 g/mol. The molecule has 0 unspecified atom stereocenters. The number of aliphatic hydroxyl groups is 1. The van der Waals surface area contributed by atoms with E-state index in [2.05, 4.69) is 20.8 Å². The first-order valence-corrected chi connectivity index (χ1v) is 6.65. The van der Waals surface area contributed by atoms with Gasteiger partial charge in [-0.1, -0.05) is 20.8 Å². The van der Waals surface area contributed by atoms with Crippen LogP contribution in [0.15, 0.2) is 22.8 Å². The number of rotatable bonds is 2. The Bertz CT molecular complexity index is 474. The van der Waals surface area contributed by atoms with E-state index in [1.54, 1.807) is 18.4 Å². The van der Waals surface area contributed by atoms with Crippen molar-refractivity contribution >= 4 is 5.78 Å². The molecule has 2 bridgehead atoms. The van der Waals surface area contributed by atoms with Crippen LogP contribution >= 0.6 is 0 Å². The molecule has 0 aliphatic heterocycles. The second-order valence-electron chi connectivity index (χ2n) is 6.55. The van der Waals surface area contributed by atoms with Gasteiger partial charge in [-0.25, -0.2) is 0 Å². The zero-order valence-electron chi connectivity index (χ0n) is 11.1. The summed E-state index contributed by atoms with van der Waals surface area (Å²) in [6.45, 7) is 6.39. The number of aliphatic hydroxyl groups excluding tert-OH is 1. The van der Waals surface area contributed by atoms with Gasteiger partial charge in [-0.15, -0.1) is 0 Å². The van der Waals surface area contributed by atoms with Crippen LogP contribution in [0.1, 0.15) is 45.5 Å². The molecule has 0 saturated heterocycles. The van der Waals surface area contributed by atoms with Crippen molar-refractivity contribution in [1.82, 2.24) is 0 Å². The van der Waals surface area contributed by atoms with E-state index in [0.717, 1.165) is 12.8 Å². The first kappa shape index (κ1) is 12.0. The van der Waals surface area contributed by atoms with Crippen LogP contribution < -0.4 is 0 Å². The fraction of sp³-hybridized carbons (Fsp3) is 0.667. The van der Waals surface area contributed by atoms with Crippen molar-refractivity contribution in [2.45, 2.75) is 39.7 Å². The maximum atomic E-state index is 12.6. The van der Waals surface area contributed by atoms with Gasteiger partial charge in [0.05, 0.1) is 12.2 Å². The molecule has 3 heteroatoms. The van der Waals surface area contributed by atoms with Crippen LogP contribution in [0.4, 0.5) is 0 Å². The summed E-state index contributed by atoms with van der Waals surface area (Å²) in [6.07, 6.45) is 2.73. The molecule has 3 nitrogen and oxygen atoms in total. The molecule has 18 heavy (non-hydrogen) atoms. The highest BCUT2D eigenvalue weighted by molar-refractivity contribution is 5.92. The highest BCUT2D eigenvalue weighted by Crippen LogP contribution is 2.67. The van der Waals surface area contributed by atoms with Gasteiger partial charge in [0.2, 0.25) is 0 Å². The van der Waals surface area contributed by atoms with E-state index in [0.29, 0.717) is 5.76 Å². The van der Waals surface area contributed by atoms with E-state index in [-0.39, 0.29) is 28.4 Å². The summed E-state index contributed by atoms with van der Waals surface area (Å²) in [6, 6.07) is 3.50. The zero-order chi connectivity index (χ0) is 13.1. The van der Waals surface area contributed by atoms with Crippen molar-refractivity contribution in [1.29, 1.82) is 0 Å². The van der Waals surface area contributed by atoms with E-state index in [4.69, 9.17) is 4.42 Å². The smallest absolute Gasteiger partial charge is 0.145 e. The minimum absolute atomic E-state index is 0.0255. The molecule has 1 N–H and O–H groups in total. The van der Waals surface area contributed by atoms with Gasteiger partial charge in [0, 0.05) is 5.41 Å². The molecule has 1 aromatic heterocycles. The third-order valence-electron chi connectivity index (χ3n) is 5.76. The Morgan fingerprint density at radius 3 is 2.67 bits per heavy atom. The summed E-state index contributed by atoms with van der Waals surface area (Å²) in [5, 5.41) is 10.4. The second-order valence-corrected chi connectivity index (χ2v) is 6.55. The molecular formula is C15H20O3. The molecule has 0 amide bonds. The summed E-state index contributed by atoms with van der Waals surface area (Å²) in [5.41, 5.74) is -0.307. The summed E-state index contributed by atoms with van der Waals surface area (Å²) in [5.74, 6) is 0.688. The van der Waals surface area contributed by atoms with Gasteiger partial charge in [0.1, 0.15) is 17.6 Å². The van der Waals surface area contributed by atoms with E-state index in [1.165, 1.54) is 0 Å². The Kier molecular flexibility index (Phi) is 2.31. The minimum atomic E-state index is -0.793. The van der Waals surface area contributed by atoms with E-state index < -0.39 is 6.10 Å². The molecule has 0 spiro atoms. The SMILES string of the molecule is CC1(C)[C@@H]2CC[C@@]1(C)C(=O)[C@@H]2[C@@H](O)c1ccco1. The normalized spacial score (nSPS) is 39.2. The maximum Gasteiger partial charge on any atom is 0.145 e. The lowest BCUT2D eigenvalue weighted by Crippen LogP contribution is -2.34. The van der Waals surface area contributed by atoms with Crippen molar-refractivity contribution in [3.05, 3.63) is 24.2 Å². The van der Waals surface area contributed by atoms with Gasteiger partial charge in [0.15, 0.2) is 0 Å². The lowest BCUT2D eigenvalue weighted by atomic mass is 9.70. The molecular weight excluding hydrogens is 228 g/mol. The summed E-state index contributed by atoms with van der Waals surface area (Å²) in [7, 11) is 0. The van der Waals surface area contributed by atoms with Crippen LogP contribution in [-0.2, 0) is 4.79 Å². The number of carbonyl (C=O) groups excluding carboxylic acids is 1. The van der Waals surface area contributed by atoms with Crippen molar-refractivity contribution < 1.29 is 14.3 Å². The monoisotopic (exact) mass is 248 g/mol. The highest BCUT2D eigenvalue weighted by atomic mass is 16.4. The number of carbonyl (C=O) groups is 1. The first-order valence-electron chi connectivity index (χ1n) is 6.65. The lowest BCUT2D eigenvalue weighted by molar-refractivity contribution is -0.135. The quantitative estimate of drug-likeness (QED) is 0.875. The zero-order valence-corrected chi connectivity index (χ0v) is 11.1. The third-order valence-corrected chi connectivity index (χ3v) is 5.76. The van der Waals surface area contributed by atoms with Crippen molar-refractivity contribution in [2.24, 2.45) is 22.7 Å². The molecule has 2 aliphatic rings. The topological polar surface area (TPSA) is 50.4 Å². The molecule has 2 saturated carbocycles. The highest BCUT2D eigenvalue weighted by Gasteiger charge is 2.67. The van der Waals surface area contributed by atoms with Crippen LogP contribution in [0.5, 0.6) is 0 Å². The Morgan fingerprint density at radius 1 is 1.44 bits per heavy atom. The fourth-order valence-electron chi connectivity index (χ4n) is 4.16. The van der Waals surface area contributed by atoms with Gasteiger partial charge in [0.25, 0.3) is 0 Å². The number of furan rings is 1. The predicted molar refractivity (Wildman–Crippen MR) is 66.8 cm³/mol. The predicted octanol–water partition coefficient (Wildman–Crippen LogP) is 2.95. The molecule has 0 aromatic carbocycles. The molecule has 3 rings (SSSR count). The minimum Gasteiger partial charge on any atom is -0.467 e. The number of Topliss-reactive ketones (excluding diaryl/α,β-unsaturated/α-hetero) is 1. The van der Waals surface area contributed by atoms with Crippen LogP contribution in [0, 0.1) is 22.7 Å². The summed E-state index contributed by atoms with van der Waals surface area (Å²) < 4.78 is 5.26. The van der Waals surface area contributed by atoms with Crippen LogP contribution in [0.25, 0.3) is 0 Å². The molecule has 1 aromatic rings. The molecule has 4 atom stereocenters. The Labute approximate surface area is 107 Å². The van der Waals surface area contributed by atoms with Crippen LogP contribution in [0.3, 0.4) is 0 Å². The molecule has 98 valence electrons. The van der Waals surface area contributed by atoms with Crippen molar-refractivity contribution in [3.63, 3.8) is 0 Å². The summed E-state index contributed by atoms with van der Waals surface area (Å²) in [4.78, 5) is 12.6. The first-order chi connectivity index (χ1) is 8.39. The van der Waals surface area contributed by atoms with Gasteiger partial charge in [-0.05, 0) is 36.3 Å². The molecule has 1 heterocycles. The molecule has 2 fully saturated rings. The van der Waals surface area contributed by atoms with Gasteiger partial charge in [-0.3, -0.25) is 4.79 Å². The average Bonchev–Trinajstić information content (AvgIpc) is 2.94. The van der Waals surface area contributed by atoms with Gasteiger partial charge in [-0.2, -0.15) is 0 Å². The van der Waals surface area contributed by atoms with Crippen LogP contribution in [0.2, 0.25) is 0 Å². The van der Waals surface area contributed by atoms with Gasteiger partial charge >= 0.3 is 0 Å². The molecule has 0 radical (unpaired) electrons. The van der Waals surface area contributed by atoms with Crippen molar-refractivity contribution in [2.75, 3.05) is 0 Å². The summed E-state index contributed by atoms with van der Waals surface area (Å²) >= 11 is 0. The Morgan fingerprint density at radius 2 is 2.17 bits per heavy atom. The Balaban J connectivity index is 1.99. The third kappa shape index (κ3) is 1.21.